The topological polar surface area (TPSA) is 58.7 Å². The molecule has 0 bridgehead atoms. The molecule has 0 amide bonds. The number of rotatable bonds is 9. The largest absolute Gasteiger partial charge is 0.490 e. The third-order valence-corrected chi connectivity index (χ3v) is 3.11. The first kappa shape index (κ1) is 16.6. The highest BCUT2D eigenvalue weighted by atomic mass is 19.1. The Morgan fingerprint density at radius 1 is 1.30 bits per heavy atom. The maximum atomic E-state index is 13.7. The summed E-state index contributed by atoms with van der Waals surface area (Å²) < 4.78 is 19.1. The van der Waals surface area contributed by atoms with Gasteiger partial charge in [-0.05, 0) is 25.7 Å². The van der Waals surface area contributed by atoms with Gasteiger partial charge in [0.1, 0.15) is 0 Å². The van der Waals surface area contributed by atoms with Crippen molar-refractivity contribution in [3.05, 3.63) is 17.9 Å². The lowest BCUT2D eigenvalue weighted by Gasteiger charge is -2.22. The van der Waals surface area contributed by atoms with Crippen molar-refractivity contribution < 1.29 is 14.2 Å². The van der Waals surface area contributed by atoms with Crippen molar-refractivity contribution in [2.75, 3.05) is 37.4 Å². The average molecular weight is 284 g/mol. The van der Waals surface area contributed by atoms with E-state index in [1.165, 1.54) is 6.07 Å². The van der Waals surface area contributed by atoms with Gasteiger partial charge in [-0.25, -0.2) is 4.39 Å². The SMILES string of the molecule is CCCOc1cc(N(C)CCCCCO)c(N)cc1F. The quantitative estimate of drug-likeness (QED) is 0.541. The molecular formula is C15H25FN2O2. The van der Waals surface area contributed by atoms with Gasteiger partial charge in [0, 0.05) is 32.3 Å². The number of nitrogen functional groups attached to an aromatic ring is 1. The van der Waals surface area contributed by atoms with E-state index in [0.717, 1.165) is 37.9 Å². The number of anilines is 2. The Balaban J connectivity index is 2.71. The maximum Gasteiger partial charge on any atom is 0.167 e. The number of ether oxygens (including phenoxy) is 1. The van der Waals surface area contributed by atoms with Crippen LogP contribution < -0.4 is 15.4 Å². The zero-order valence-corrected chi connectivity index (χ0v) is 12.4. The van der Waals surface area contributed by atoms with Gasteiger partial charge in [0.05, 0.1) is 18.0 Å². The monoisotopic (exact) mass is 284 g/mol. The molecule has 0 saturated heterocycles. The van der Waals surface area contributed by atoms with E-state index in [1.54, 1.807) is 6.07 Å². The van der Waals surface area contributed by atoms with Gasteiger partial charge in [0.15, 0.2) is 11.6 Å². The summed E-state index contributed by atoms with van der Waals surface area (Å²) in [5, 5.41) is 8.75. The van der Waals surface area contributed by atoms with Crippen LogP contribution in [0.25, 0.3) is 0 Å². The van der Waals surface area contributed by atoms with Gasteiger partial charge < -0.3 is 20.5 Å². The third kappa shape index (κ3) is 4.89. The molecule has 5 heteroatoms. The summed E-state index contributed by atoms with van der Waals surface area (Å²) in [7, 11) is 1.92. The van der Waals surface area contributed by atoms with Gasteiger partial charge in [0.2, 0.25) is 0 Å². The van der Waals surface area contributed by atoms with Crippen molar-refractivity contribution in [3.8, 4) is 5.75 Å². The lowest BCUT2D eigenvalue weighted by molar-refractivity contribution is 0.283. The smallest absolute Gasteiger partial charge is 0.167 e. The van der Waals surface area contributed by atoms with E-state index in [2.05, 4.69) is 0 Å². The Hall–Kier alpha value is -1.49. The maximum absolute atomic E-state index is 13.7. The van der Waals surface area contributed by atoms with Crippen LogP contribution in [0.1, 0.15) is 32.6 Å². The van der Waals surface area contributed by atoms with Crippen LogP contribution in [0, 0.1) is 5.82 Å². The first-order valence-corrected chi connectivity index (χ1v) is 7.14. The predicted molar refractivity (Wildman–Crippen MR) is 80.8 cm³/mol. The number of benzene rings is 1. The van der Waals surface area contributed by atoms with E-state index in [1.807, 2.05) is 18.9 Å². The van der Waals surface area contributed by atoms with Crippen molar-refractivity contribution in [3.63, 3.8) is 0 Å². The highest BCUT2D eigenvalue weighted by molar-refractivity contribution is 5.69. The van der Waals surface area contributed by atoms with Gasteiger partial charge in [-0.2, -0.15) is 0 Å². The van der Waals surface area contributed by atoms with Crippen molar-refractivity contribution in [1.29, 1.82) is 0 Å². The Morgan fingerprint density at radius 3 is 2.70 bits per heavy atom. The molecule has 0 heterocycles. The van der Waals surface area contributed by atoms with Crippen LogP contribution in [0.2, 0.25) is 0 Å². The fourth-order valence-electron chi connectivity index (χ4n) is 1.97. The minimum atomic E-state index is -0.423. The summed E-state index contributed by atoms with van der Waals surface area (Å²) in [5.41, 5.74) is 7.07. The third-order valence-electron chi connectivity index (χ3n) is 3.11. The Labute approximate surface area is 120 Å². The number of hydrogen-bond acceptors (Lipinski definition) is 4. The summed E-state index contributed by atoms with van der Waals surface area (Å²) in [4.78, 5) is 1.99. The van der Waals surface area contributed by atoms with Crippen LogP contribution in [0.5, 0.6) is 5.75 Å². The highest BCUT2D eigenvalue weighted by Crippen LogP contribution is 2.30. The van der Waals surface area contributed by atoms with E-state index < -0.39 is 5.82 Å². The summed E-state index contributed by atoms with van der Waals surface area (Å²) >= 11 is 0. The lowest BCUT2D eigenvalue weighted by atomic mass is 10.2. The molecule has 1 rings (SSSR count). The predicted octanol–water partition coefficient (Wildman–Crippen LogP) is 2.80. The molecule has 0 aliphatic carbocycles. The standard InChI is InChI=1S/C15H25FN2O2/c1-3-9-20-15-11-14(13(17)10-12(15)16)18(2)7-5-4-6-8-19/h10-11,19H,3-9,17H2,1-2H3. The summed E-state index contributed by atoms with van der Waals surface area (Å²) in [6.07, 6.45) is 3.55. The number of hydrogen-bond donors (Lipinski definition) is 2. The van der Waals surface area contributed by atoms with E-state index in [4.69, 9.17) is 15.6 Å². The number of aliphatic hydroxyl groups is 1. The Kier molecular flexibility index (Phi) is 7.15. The van der Waals surface area contributed by atoms with E-state index in [0.29, 0.717) is 12.3 Å². The molecule has 0 aliphatic heterocycles. The average Bonchev–Trinajstić information content (AvgIpc) is 2.42. The molecule has 0 saturated carbocycles. The number of halogens is 1. The fourth-order valence-corrected chi connectivity index (χ4v) is 1.97. The molecule has 0 radical (unpaired) electrons. The molecule has 114 valence electrons. The minimum absolute atomic E-state index is 0.220. The molecule has 0 aliphatic rings. The van der Waals surface area contributed by atoms with Gasteiger partial charge >= 0.3 is 0 Å². The number of nitrogens with zero attached hydrogens (tertiary/aromatic N) is 1. The first-order valence-electron chi connectivity index (χ1n) is 7.14. The molecule has 0 spiro atoms. The molecule has 0 unspecified atom stereocenters. The van der Waals surface area contributed by atoms with Crippen LogP contribution in [0.15, 0.2) is 12.1 Å². The molecule has 0 fully saturated rings. The molecule has 1 aromatic rings. The molecule has 20 heavy (non-hydrogen) atoms. The number of nitrogens with two attached hydrogens (primary N) is 1. The molecule has 4 nitrogen and oxygen atoms in total. The van der Waals surface area contributed by atoms with Crippen LogP contribution >= 0.6 is 0 Å². The van der Waals surface area contributed by atoms with Crippen molar-refractivity contribution in [2.24, 2.45) is 0 Å². The zero-order chi connectivity index (χ0) is 15.0. The van der Waals surface area contributed by atoms with E-state index in [9.17, 15) is 4.39 Å². The van der Waals surface area contributed by atoms with Crippen LogP contribution in [0.4, 0.5) is 15.8 Å². The van der Waals surface area contributed by atoms with Gasteiger partial charge in [-0.15, -0.1) is 0 Å². The van der Waals surface area contributed by atoms with Gasteiger partial charge in [0.25, 0.3) is 0 Å². The molecule has 3 N–H and O–H groups in total. The fraction of sp³-hybridized carbons (Fsp3) is 0.600. The lowest BCUT2D eigenvalue weighted by Crippen LogP contribution is -2.20. The van der Waals surface area contributed by atoms with E-state index in [-0.39, 0.29) is 12.4 Å². The first-order chi connectivity index (χ1) is 9.60. The Morgan fingerprint density at radius 2 is 2.05 bits per heavy atom. The second kappa shape index (κ2) is 8.64. The van der Waals surface area contributed by atoms with Crippen molar-refractivity contribution in [2.45, 2.75) is 32.6 Å². The van der Waals surface area contributed by atoms with Crippen molar-refractivity contribution >= 4 is 11.4 Å². The second-order valence-electron chi connectivity index (χ2n) is 4.90. The molecule has 1 aromatic carbocycles. The number of aliphatic hydroxyl groups excluding tert-OH is 1. The summed E-state index contributed by atoms with van der Waals surface area (Å²) in [5.74, 6) is -0.174. The van der Waals surface area contributed by atoms with Gasteiger partial charge in [-0.3, -0.25) is 0 Å². The Bertz CT molecular complexity index is 413. The van der Waals surface area contributed by atoms with E-state index >= 15 is 0 Å². The van der Waals surface area contributed by atoms with Crippen LogP contribution in [0.3, 0.4) is 0 Å². The molecular weight excluding hydrogens is 259 g/mol. The summed E-state index contributed by atoms with van der Waals surface area (Å²) in [6.45, 7) is 3.49. The molecule has 0 aromatic heterocycles. The van der Waals surface area contributed by atoms with Crippen molar-refractivity contribution in [1.82, 2.24) is 0 Å². The second-order valence-corrected chi connectivity index (χ2v) is 4.90. The highest BCUT2D eigenvalue weighted by Gasteiger charge is 2.12. The normalized spacial score (nSPS) is 10.6. The van der Waals surface area contributed by atoms with Crippen LogP contribution in [-0.4, -0.2) is 31.9 Å². The summed E-state index contributed by atoms with van der Waals surface area (Å²) in [6, 6.07) is 2.97. The van der Waals surface area contributed by atoms with Gasteiger partial charge in [-0.1, -0.05) is 6.92 Å². The zero-order valence-electron chi connectivity index (χ0n) is 12.4. The number of unbranched alkanes of at least 4 members (excludes halogenated alkanes) is 2. The minimum Gasteiger partial charge on any atom is -0.490 e. The van der Waals surface area contributed by atoms with Crippen LogP contribution in [-0.2, 0) is 0 Å². The molecule has 0 atom stereocenters.